The van der Waals surface area contributed by atoms with Crippen LogP contribution in [-0.4, -0.2) is 34.2 Å². The maximum absolute atomic E-state index is 3.98. The quantitative estimate of drug-likeness (QED) is 0.780. The van der Waals surface area contributed by atoms with Crippen molar-refractivity contribution in [3.05, 3.63) is 42.2 Å². The first-order valence-corrected chi connectivity index (χ1v) is 6.95. The predicted octanol–water partition coefficient (Wildman–Crippen LogP) is 2.88. The Hall–Kier alpha value is -1.74. The SMILES string of the molecule is CN1C2C=C(c3ccc4cnncc4c3)CC1CC2. The molecule has 96 valence electrons. The van der Waals surface area contributed by atoms with E-state index in [1.165, 1.54) is 35.8 Å². The van der Waals surface area contributed by atoms with Crippen LogP contribution in [-0.2, 0) is 0 Å². The molecule has 2 aliphatic heterocycles. The summed E-state index contributed by atoms with van der Waals surface area (Å²) in [6.07, 6.45) is 9.95. The molecule has 1 saturated heterocycles. The third-order valence-corrected chi connectivity index (χ3v) is 4.66. The zero-order valence-electron chi connectivity index (χ0n) is 11.1. The largest absolute Gasteiger partial charge is 0.297 e. The lowest BCUT2D eigenvalue weighted by atomic mass is 9.94. The van der Waals surface area contributed by atoms with Crippen LogP contribution < -0.4 is 0 Å². The minimum absolute atomic E-state index is 0.639. The first-order valence-electron chi connectivity index (χ1n) is 6.95. The Bertz CT molecular complexity index is 662. The summed E-state index contributed by atoms with van der Waals surface area (Å²) in [6.45, 7) is 0. The molecule has 0 spiro atoms. The summed E-state index contributed by atoms with van der Waals surface area (Å²) in [6, 6.07) is 8.00. The van der Waals surface area contributed by atoms with Crippen molar-refractivity contribution in [3.8, 4) is 0 Å². The minimum atomic E-state index is 0.639. The molecule has 2 bridgehead atoms. The number of benzene rings is 1. The molecule has 0 N–H and O–H groups in total. The van der Waals surface area contributed by atoms with Crippen LogP contribution in [0.15, 0.2) is 36.7 Å². The molecule has 19 heavy (non-hydrogen) atoms. The Morgan fingerprint density at radius 1 is 1.11 bits per heavy atom. The van der Waals surface area contributed by atoms with Crippen LogP contribution in [0.1, 0.15) is 24.8 Å². The second-order valence-electron chi connectivity index (χ2n) is 5.69. The van der Waals surface area contributed by atoms with Crippen molar-refractivity contribution < 1.29 is 0 Å². The van der Waals surface area contributed by atoms with Gasteiger partial charge in [0.05, 0.1) is 12.4 Å². The topological polar surface area (TPSA) is 29.0 Å². The first kappa shape index (κ1) is 11.1. The lowest BCUT2D eigenvalue weighted by Crippen LogP contribution is -2.34. The van der Waals surface area contributed by atoms with Gasteiger partial charge in [0, 0.05) is 22.9 Å². The van der Waals surface area contributed by atoms with E-state index in [2.05, 4.69) is 46.4 Å². The lowest BCUT2D eigenvalue weighted by molar-refractivity contribution is 0.264. The maximum atomic E-state index is 3.98. The number of hydrogen-bond acceptors (Lipinski definition) is 3. The van der Waals surface area contributed by atoms with Gasteiger partial charge in [-0.2, -0.15) is 10.2 Å². The van der Waals surface area contributed by atoms with Crippen LogP contribution in [0.25, 0.3) is 16.3 Å². The average molecular weight is 251 g/mol. The van der Waals surface area contributed by atoms with E-state index in [4.69, 9.17) is 0 Å². The predicted molar refractivity (Wildman–Crippen MR) is 76.7 cm³/mol. The number of fused-ring (bicyclic) bond motifs is 3. The zero-order chi connectivity index (χ0) is 12.8. The summed E-state index contributed by atoms with van der Waals surface area (Å²) in [5.41, 5.74) is 2.86. The van der Waals surface area contributed by atoms with Gasteiger partial charge in [-0.1, -0.05) is 18.2 Å². The third-order valence-electron chi connectivity index (χ3n) is 4.66. The maximum Gasteiger partial charge on any atom is 0.0574 e. The van der Waals surface area contributed by atoms with E-state index in [1.54, 1.807) is 0 Å². The van der Waals surface area contributed by atoms with Crippen LogP contribution >= 0.6 is 0 Å². The number of likely N-dealkylation sites (N-methyl/N-ethyl adjacent to an activating group) is 1. The second-order valence-corrected chi connectivity index (χ2v) is 5.69. The molecular weight excluding hydrogens is 234 g/mol. The number of hydrogen-bond donors (Lipinski definition) is 0. The smallest absolute Gasteiger partial charge is 0.0574 e. The molecule has 2 unspecified atom stereocenters. The van der Waals surface area contributed by atoms with Gasteiger partial charge in [-0.3, -0.25) is 4.90 Å². The van der Waals surface area contributed by atoms with Gasteiger partial charge in [0.2, 0.25) is 0 Å². The summed E-state index contributed by atoms with van der Waals surface area (Å²) in [5, 5.41) is 10.2. The van der Waals surface area contributed by atoms with Crippen molar-refractivity contribution in [1.29, 1.82) is 0 Å². The van der Waals surface area contributed by atoms with Crippen LogP contribution in [0.3, 0.4) is 0 Å². The van der Waals surface area contributed by atoms with Crippen molar-refractivity contribution in [1.82, 2.24) is 15.1 Å². The fourth-order valence-corrected chi connectivity index (χ4v) is 3.45. The molecule has 2 aliphatic rings. The Morgan fingerprint density at radius 2 is 1.95 bits per heavy atom. The van der Waals surface area contributed by atoms with Crippen molar-refractivity contribution in [3.63, 3.8) is 0 Å². The average Bonchev–Trinajstić information content (AvgIpc) is 2.68. The third kappa shape index (κ3) is 1.77. The monoisotopic (exact) mass is 251 g/mol. The highest BCUT2D eigenvalue weighted by Gasteiger charge is 2.33. The molecule has 1 aromatic carbocycles. The van der Waals surface area contributed by atoms with E-state index in [0.29, 0.717) is 6.04 Å². The van der Waals surface area contributed by atoms with Gasteiger partial charge in [-0.05, 0) is 43.5 Å². The van der Waals surface area contributed by atoms with Crippen LogP contribution in [0.5, 0.6) is 0 Å². The highest BCUT2D eigenvalue weighted by atomic mass is 15.2. The van der Waals surface area contributed by atoms with Crippen molar-refractivity contribution in [2.45, 2.75) is 31.3 Å². The van der Waals surface area contributed by atoms with E-state index in [1.807, 2.05) is 12.4 Å². The molecule has 1 aromatic heterocycles. The van der Waals surface area contributed by atoms with Crippen LogP contribution in [0.4, 0.5) is 0 Å². The van der Waals surface area contributed by atoms with Gasteiger partial charge < -0.3 is 0 Å². The second kappa shape index (κ2) is 4.14. The number of aromatic nitrogens is 2. The van der Waals surface area contributed by atoms with Gasteiger partial charge >= 0.3 is 0 Å². The van der Waals surface area contributed by atoms with Crippen molar-refractivity contribution >= 4 is 16.3 Å². The Morgan fingerprint density at radius 3 is 2.79 bits per heavy atom. The summed E-state index contributed by atoms with van der Waals surface area (Å²) in [5.74, 6) is 0. The molecule has 0 aliphatic carbocycles. The summed E-state index contributed by atoms with van der Waals surface area (Å²) >= 11 is 0. The van der Waals surface area contributed by atoms with E-state index in [0.717, 1.165) is 11.4 Å². The Labute approximate surface area is 112 Å². The molecular formula is C16H17N3. The molecule has 0 amide bonds. The molecule has 3 nitrogen and oxygen atoms in total. The summed E-state index contributed by atoms with van der Waals surface area (Å²) in [7, 11) is 2.26. The molecule has 1 fully saturated rings. The Kier molecular flexibility index (Phi) is 2.42. The molecule has 2 atom stereocenters. The van der Waals surface area contributed by atoms with Gasteiger partial charge in [0.15, 0.2) is 0 Å². The number of nitrogens with zero attached hydrogens (tertiary/aromatic N) is 3. The summed E-state index contributed by atoms with van der Waals surface area (Å²) in [4.78, 5) is 2.52. The van der Waals surface area contributed by atoms with E-state index >= 15 is 0 Å². The standard InChI is InChI=1S/C16H17N3/c1-19-15-4-5-16(19)8-13(7-15)11-2-3-12-9-17-18-10-14(12)6-11/h2-3,6-7,9-10,15-16H,4-5,8H2,1H3. The normalized spacial score (nSPS) is 26.7. The van der Waals surface area contributed by atoms with Crippen molar-refractivity contribution in [2.24, 2.45) is 0 Å². The molecule has 3 heteroatoms. The Balaban J connectivity index is 1.77. The molecule has 0 saturated carbocycles. The molecule has 2 aromatic rings. The fourth-order valence-electron chi connectivity index (χ4n) is 3.45. The van der Waals surface area contributed by atoms with E-state index in [-0.39, 0.29) is 0 Å². The van der Waals surface area contributed by atoms with Gasteiger partial charge in [-0.25, -0.2) is 0 Å². The molecule has 4 rings (SSSR count). The van der Waals surface area contributed by atoms with Crippen LogP contribution in [0.2, 0.25) is 0 Å². The van der Waals surface area contributed by atoms with Gasteiger partial charge in [0.25, 0.3) is 0 Å². The van der Waals surface area contributed by atoms with E-state index in [9.17, 15) is 0 Å². The highest BCUT2D eigenvalue weighted by molar-refractivity contribution is 5.85. The van der Waals surface area contributed by atoms with Crippen molar-refractivity contribution in [2.75, 3.05) is 7.05 Å². The van der Waals surface area contributed by atoms with Gasteiger partial charge in [0.1, 0.15) is 0 Å². The summed E-state index contributed by atoms with van der Waals surface area (Å²) < 4.78 is 0. The van der Waals surface area contributed by atoms with Gasteiger partial charge in [-0.15, -0.1) is 0 Å². The molecule has 3 heterocycles. The highest BCUT2D eigenvalue weighted by Crippen LogP contribution is 2.37. The first-order chi connectivity index (χ1) is 9.31. The number of rotatable bonds is 1. The lowest BCUT2D eigenvalue weighted by Gasteiger charge is -2.30. The zero-order valence-corrected chi connectivity index (χ0v) is 11.1. The minimum Gasteiger partial charge on any atom is -0.297 e. The molecule has 0 radical (unpaired) electrons. The van der Waals surface area contributed by atoms with E-state index < -0.39 is 0 Å². The van der Waals surface area contributed by atoms with Crippen LogP contribution in [0, 0.1) is 0 Å². The fraction of sp³-hybridized carbons (Fsp3) is 0.375.